The van der Waals surface area contributed by atoms with Crippen LogP contribution in [0, 0.1) is 12.8 Å². The van der Waals surface area contributed by atoms with Crippen molar-refractivity contribution in [3.8, 4) is 5.88 Å². The van der Waals surface area contributed by atoms with Crippen LogP contribution in [0.25, 0.3) is 11.7 Å². The highest BCUT2D eigenvalue weighted by Gasteiger charge is 2.30. The molecule has 0 bridgehead atoms. The summed E-state index contributed by atoms with van der Waals surface area (Å²) >= 11 is 0. The molecule has 2 aromatic rings. The fraction of sp³-hybridized carbons (Fsp3) is 0.545. The molecule has 1 aliphatic heterocycles. The average molecular weight is 445 g/mol. The van der Waals surface area contributed by atoms with E-state index in [2.05, 4.69) is 10.4 Å². The van der Waals surface area contributed by atoms with Crippen LogP contribution in [0.5, 0.6) is 5.88 Å². The van der Waals surface area contributed by atoms with E-state index in [-0.39, 0.29) is 30.0 Å². The van der Waals surface area contributed by atoms with Crippen LogP contribution in [0.1, 0.15) is 54.7 Å². The molecule has 2 fully saturated rings. The number of alkyl halides is 1. The van der Waals surface area contributed by atoms with Gasteiger partial charge in [-0.2, -0.15) is 9.61 Å². The van der Waals surface area contributed by atoms with Crippen LogP contribution in [-0.2, 0) is 11.3 Å². The third kappa shape index (κ3) is 4.13. The predicted octanol–water partition coefficient (Wildman–Crippen LogP) is 1.64. The Kier molecular flexibility index (Phi) is 5.79. The number of fused-ring (bicyclic) bond motifs is 1. The zero-order valence-corrected chi connectivity index (χ0v) is 18.5. The Balaban J connectivity index is 1.81. The van der Waals surface area contributed by atoms with Gasteiger partial charge in [-0.05, 0) is 38.2 Å². The number of aryl methyl sites for hydroxylation is 1. The lowest BCUT2D eigenvalue weighted by Gasteiger charge is -2.17. The van der Waals surface area contributed by atoms with Gasteiger partial charge in [0.1, 0.15) is 11.8 Å². The van der Waals surface area contributed by atoms with E-state index in [0.29, 0.717) is 36.4 Å². The molecule has 1 aliphatic carbocycles. The number of nitrogens with one attached hydrogen (secondary N) is 1. The lowest BCUT2D eigenvalue weighted by molar-refractivity contribution is -0.125. The van der Waals surface area contributed by atoms with E-state index in [1.165, 1.54) is 21.6 Å². The number of hydrogen-bond acceptors (Lipinski definition) is 5. The molecule has 0 radical (unpaired) electrons. The maximum Gasteiger partial charge on any atom is 0.291 e. The molecule has 1 saturated heterocycles. The Hall–Kier alpha value is -3.17. The summed E-state index contributed by atoms with van der Waals surface area (Å²) in [6, 6.07) is 0.0221. The minimum absolute atomic E-state index is 0.0221. The average Bonchev–Trinajstić information content (AvgIpc) is 3.31. The smallest absolute Gasteiger partial charge is 0.291 e. The number of hydrogen-bond donors (Lipinski definition) is 2. The van der Waals surface area contributed by atoms with Crippen LogP contribution in [0.3, 0.4) is 0 Å². The van der Waals surface area contributed by atoms with Crippen LogP contribution >= 0.6 is 0 Å². The van der Waals surface area contributed by atoms with E-state index in [4.69, 9.17) is 0 Å². The molecule has 0 spiro atoms. The van der Waals surface area contributed by atoms with Crippen LogP contribution < -0.4 is 10.9 Å². The molecule has 1 saturated carbocycles. The number of carbonyl (C=O) groups is 2. The fourth-order valence-electron chi connectivity index (χ4n) is 3.96. The van der Waals surface area contributed by atoms with Gasteiger partial charge in [0.25, 0.3) is 11.5 Å². The minimum Gasteiger partial charge on any atom is -0.494 e. The first kappa shape index (κ1) is 22.0. The van der Waals surface area contributed by atoms with Crippen molar-refractivity contribution in [1.82, 2.24) is 24.4 Å². The normalized spacial score (nSPS) is 18.9. The maximum absolute atomic E-state index is 13.4. The van der Waals surface area contributed by atoms with Crippen molar-refractivity contribution in [2.45, 2.75) is 58.8 Å². The third-order valence-corrected chi connectivity index (χ3v) is 5.74. The Morgan fingerprint density at radius 1 is 1.31 bits per heavy atom. The topological polar surface area (TPSA) is 109 Å². The molecule has 9 nitrogen and oxygen atoms in total. The van der Waals surface area contributed by atoms with Crippen molar-refractivity contribution in [3.63, 3.8) is 0 Å². The molecule has 0 unspecified atom stereocenters. The number of halogens is 1. The molecule has 2 amide bonds. The molecule has 2 aliphatic rings. The summed E-state index contributed by atoms with van der Waals surface area (Å²) in [6.45, 7) is 6.33. The summed E-state index contributed by atoms with van der Waals surface area (Å²) in [7, 11) is 0. The molecule has 4 rings (SSSR count). The second-order valence-electron chi connectivity index (χ2n) is 8.99. The van der Waals surface area contributed by atoms with Gasteiger partial charge in [-0.3, -0.25) is 19.0 Å². The number of rotatable bonds is 6. The second kappa shape index (κ2) is 8.40. The van der Waals surface area contributed by atoms with Crippen LogP contribution in [0.4, 0.5) is 4.39 Å². The van der Waals surface area contributed by atoms with Crippen LogP contribution in [-0.4, -0.2) is 61.3 Å². The lowest BCUT2D eigenvalue weighted by atomic mass is 10.1. The number of aromatic hydroxyl groups is 1. The third-order valence-electron chi connectivity index (χ3n) is 5.74. The van der Waals surface area contributed by atoms with E-state index in [0.717, 1.165) is 17.4 Å². The van der Waals surface area contributed by atoms with Crippen molar-refractivity contribution in [3.05, 3.63) is 33.3 Å². The van der Waals surface area contributed by atoms with E-state index in [1.54, 1.807) is 6.92 Å². The van der Waals surface area contributed by atoms with Gasteiger partial charge in [-0.15, -0.1) is 0 Å². The van der Waals surface area contributed by atoms with E-state index in [9.17, 15) is 23.9 Å². The fourth-order valence-corrected chi connectivity index (χ4v) is 3.96. The molecule has 2 N–H and O–H groups in total. The molecular formula is C22H28FN5O4. The van der Waals surface area contributed by atoms with Gasteiger partial charge < -0.3 is 15.3 Å². The van der Waals surface area contributed by atoms with Crippen molar-refractivity contribution >= 4 is 23.5 Å². The summed E-state index contributed by atoms with van der Waals surface area (Å²) in [6.07, 6.45) is 3.86. The van der Waals surface area contributed by atoms with Crippen molar-refractivity contribution in [2.75, 3.05) is 13.1 Å². The SMILES string of the molecule is Cc1nn2c(=O)c(C(=O)NC3CC3)c(O)n(CC(C)C)c2c1/C=C/C(=O)N1CC[C@H](F)C1. The summed E-state index contributed by atoms with van der Waals surface area (Å²) in [4.78, 5) is 39.7. The molecule has 0 aromatic carbocycles. The first-order valence-electron chi connectivity index (χ1n) is 10.9. The van der Waals surface area contributed by atoms with Crippen molar-refractivity contribution < 1.29 is 19.1 Å². The van der Waals surface area contributed by atoms with Gasteiger partial charge >= 0.3 is 0 Å². The minimum atomic E-state index is -1.01. The highest BCUT2D eigenvalue weighted by molar-refractivity contribution is 5.97. The summed E-state index contributed by atoms with van der Waals surface area (Å²) in [5.41, 5.74) is 0.189. The molecule has 10 heteroatoms. The lowest BCUT2D eigenvalue weighted by Crippen LogP contribution is -2.34. The van der Waals surface area contributed by atoms with Gasteiger partial charge in [0, 0.05) is 30.8 Å². The van der Waals surface area contributed by atoms with E-state index >= 15 is 0 Å². The van der Waals surface area contributed by atoms with Crippen molar-refractivity contribution in [1.29, 1.82) is 0 Å². The van der Waals surface area contributed by atoms with Gasteiger partial charge in [0.15, 0.2) is 5.56 Å². The second-order valence-corrected chi connectivity index (χ2v) is 8.99. The predicted molar refractivity (Wildman–Crippen MR) is 116 cm³/mol. The molecule has 3 heterocycles. The quantitative estimate of drug-likeness (QED) is 0.657. The molecule has 172 valence electrons. The van der Waals surface area contributed by atoms with Gasteiger partial charge in [0.05, 0.1) is 12.2 Å². The zero-order chi connectivity index (χ0) is 23.2. The number of likely N-dealkylation sites (tertiary alicyclic amines) is 1. The first-order valence-corrected chi connectivity index (χ1v) is 10.9. The number of aromatic nitrogens is 3. The molecular weight excluding hydrogens is 417 g/mol. The summed E-state index contributed by atoms with van der Waals surface area (Å²) < 4.78 is 16.0. The van der Waals surface area contributed by atoms with Gasteiger partial charge in [-0.1, -0.05) is 13.8 Å². The Morgan fingerprint density at radius 2 is 2.03 bits per heavy atom. The van der Waals surface area contributed by atoms with Gasteiger partial charge in [0.2, 0.25) is 11.8 Å². The molecule has 2 aromatic heterocycles. The molecule has 1 atom stereocenters. The van der Waals surface area contributed by atoms with Gasteiger partial charge in [-0.25, -0.2) is 4.39 Å². The summed E-state index contributed by atoms with van der Waals surface area (Å²) in [5, 5.41) is 18.0. The van der Waals surface area contributed by atoms with E-state index < -0.39 is 23.5 Å². The van der Waals surface area contributed by atoms with E-state index in [1.807, 2.05) is 13.8 Å². The molecule has 32 heavy (non-hydrogen) atoms. The van der Waals surface area contributed by atoms with Crippen LogP contribution in [0.15, 0.2) is 10.9 Å². The Bertz CT molecular complexity index is 1160. The zero-order valence-electron chi connectivity index (χ0n) is 18.5. The number of amides is 2. The highest BCUT2D eigenvalue weighted by atomic mass is 19.1. The summed E-state index contributed by atoms with van der Waals surface area (Å²) in [5.74, 6) is -1.28. The Labute approximate surface area is 184 Å². The van der Waals surface area contributed by atoms with Crippen molar-refractivity contribution in [2.24, 2.45) is 5.92 Å². The number of nitrogens with zero attached hydrogens (tertiary/aromatic N) is 4. The largest absolute Gasteiger partial charge is 0.494 e. The van der Waals surface area contributed by atoms with Crippen LogP contribution in [0.2, 0.25) is 0 Å². The first-order chi connectivity index (χ1) is 15.2. The Morgan fingerprint density at radius 3 is 2.62 bits per heavy atom. The monoisotopic (exact) mass is 445 g/mol. The highest BCUT2D eigenvalue weighted by Crippen LogP contribution is 2.26. The number of carbonyl (C=O) groups excluding carboxylic acids is 2. The maximum atomic E-state index is 13.4. The standard InChI is InChI=1S/C22H28FN5O4/c1-12(2)10-27-20-16(6-7-17(29)26-9-8-14(23)11-26)13(3)25-28(20)22(32)18(21(27)31)19(30)24-15-4-5-15/h6-7,12,14-15,31H,4-5,8-11H2,1-3H3,(H,24,30)/b7-6+/t14-/m0/s1.